The van der Waals surface area contributed by atoms with Crippen LogP contribution in [0.15, 0.2) is 115 Å². The van der Waals surface area contributed by atoms with Crippen molar-refractivity contribution in [3.05, 3.63) is 131 Å². The quantitative estimate of drug-likeness (QED) is 0.135. The van der Waals surface area contributed by atoms with Gasteiger partial charge in [0.15, 0.2) is 5.15 Å². The molecule has 9 aromatic rings. The molecule has 0 unspecified atom stereocenters. The van der Waals surface area contributed by atoms with Gasteiger partial charge in [-0.3, -0.25) is 0 Å². The first-order chi connectivity index (χ1) is 22.0. The summed E-state index contributed by atoms with van der Waals surface area (Å²) in [5.41, 5.74) is 6.09. The molecule has 0 bridgehead atoms. The molecule has 5 aromatic carbocycles. The first kappa shape index (κ1) is 28.3. The Morgan fingerprint density at radius 1 is 0.444 bits per heavy atom. The number of fused-ring (bicyclic) bond motifs is 7. The maximum atomic E-state index is 6.31. The van der Waals surface area contributed by atoms with E-state index >= 15 is 0 Å². The van der Waals surface area contributed by atoms with Crippen molar-refractivity contribution >= 4 is 109 Å². The number of rotatable bonds is 2. The van der Waals surface area contributed by atoms with Crippen molar-refractivity contribution in [2.75, 3.05) is 0 Å². The molecule has 0 saturated heterocycles. The second-order valence-corrected chi connectivity index (χ2v) is 13.4. The molecule has 4 nitrogen and oxygen atoms in total. The monoisotopic (exact) mass is 676 g/mol. The minimum atomic E-state index is 0.191. The summed E-state index contributed by atoms with van der Waals surface area (Å²) in [6.45, 7) is 0. The average molecular weight is 678 g/mol. The summed E-state index contributed by atoms with van der Waals surface area (Å²) >= 11 is 21.4. The zero-order chi connectivity index (χ0) is 30.5. The van der Waals surface area contributed by atoms with Gasteiger partial charge in [-0.2, -0.15) is 0 Å². The summed E-state index contributed by atoms with van der Waals surface area (Å²) in [5, 5.41) is 5.58. The number of nitrogens with zero attached hydrogens (tertiary/aromatic N) is 4. The maximum absolute atomic E-state index is 6.31. The largest absolute Gasteiger partial charge is 0.224 e. The highest BCUT2D eigenvalue weighted by atomic mass is 35.5. The van der Waals surface area contributed by atoms with Crippen molar-refractivity contribution in [2.24, 2.45) is 0 Å². The first-order valence-electron chi connectivity index (χ1n) is 14.0. The van der Waals surface area contributed by atoms with Crippen molar-refractivity contribution < 1.29 is 0 Å². The third-order valence-electron chi connectivity index (χ3n) is 7.60. The second kappa shape index (κ2) is 11.6. The molecule has 9 rings (SSSR count). The van der Waals surface area contributed by atoms with Crippen LogP contribution in [0.3, 0.4) is 0 Å². The van der Waals surface area contributed by atoms with Crippen molar-refractivity contribution in [1.29, 1.82) is 0 Å². The normalized spacial score (nSPS) is 11.4. The van der Waals surface area contributed by atoms with E-state index in [2.05, 4.69) is 98.8 Å². The molecule has 0 aliphatic carbocycles. The Kier molecular flexibility index (Phi) is 7.32. The molecule has 4 aromatic heterocycles. The van der Waals surface area contributed by atoms with Crippen molar-refractivity contribution in [3.63, 3.8) is 0 Å². The Morgan fingerprint density at radius 2 is 0.978 bits per heavy atom. The topological polar surface area (TPSA) is 51.6 Å². The fraction of sp³-hybridized carbons (Fsp3) is 0. The van der Waals surface area contributed by atoms with Crippen LogP contribution in [-0.2, 0) is 0 Å². The minimum absolute atomic E-state index is 0.191. The lowest BCUT2D eigenvalue weighted by molar-refractivity contribution is 1.23. The van der Waals surface area contributed by atoms with Gasteiger partial charge in [0, 0.05) is 25.7 Å². The minimum Gasteiger partial charge on any atom is -0.216 e. The van der Waals surface area contributed by atoms with Crippen LogP contribution in [0.4, 0.5) is 0 Å². The highest BCUT2D eigenvalue weighted by Gasteiger charge is 2.15. The van der Waals surface area contributed by atoms with Gasteiger partial charge in [0.2, 0.25) is 10.6 Å². The van der Waals surface area contributed by atoms with E-state index in [4.69, 9.17) is 34.8 Å². The van der Waals surface area contributed by atoms with E-state index in [0.717, 1.165) is 47.2 Å². The smallest absolute Gasteiger partial charge is 0.216 e. The van der Waals surface area contributed by atoms with Crippen molar-refractivity contribution in [1.82, 2.24) is 19.9 Å². The summed E-state index contributed by atoms with van der Waals surface area (Å²) in [6.07, 6.45) is 0. The lowest BCUT2D eigenvalue weighted by atomic mass is 9.97. The van der Waals surface area contributed by atoms with E-state index in [1.54, 1.807) is 22.7 Å². The van der Waals surface area contributed by atoms with Gasteiger partial charge in [0.1, 0.15) is 0 Å². The molecule has 45 heavy (non-hydrogen) atoms. The molecule has 0 fully saturated rings. The van der Waals surface area contributed by atoms with E-state index in [-0.39, 0.29) is 10.6 Å². The molecule has 216 valence electrons. The van der Waals surface area contributed by atoms with Crippen LogP contribution in [0.5, 0.6) is 0 Å². The summed E-state index contributed by atoms with van der Waals surface area (Å²) in [7, 11) is 0. The molecule has 0 saturated carbocycles. The van der Waals surface area contributed by atoms with Gasteiger partial charge in [0.05, 0.1) is 26.1 Å². The van der Waals surface area contributed by atoms with E-state index < -0.39 is 0 Å². The van der Waals surface area contributed by atoms with Gasteiger partial charge >= 0.3 is 0 Å². The molecule has 0 atom stereocenters. The summed E-state index contributed by atoms with van der Waals surface area (Å²) in [4.78, 5) is 17.2. The van der Waals surface area contributed by atoms with Gasteiger partial charge in [-0.25, -0.2) is 19.9 Å². The Hall–Kier alpha value is -4.17. The molecule has 0 spiro atoms. The molecular weight excluding hydrogens is 659 g/mol. The van der Waals surface area contributed by atoms with Crippen LogP contribution in [0.2, 0.25) is 15.7 Å². The van der Waals surface area contributed by atoms with Gasteiger partial charge in [-0.15, -0.1) is 22.7 Å². The lowest BCUT2D eigenvalue weighted by Gasteiger charge is -2.08. The maximum Gasteiger partial charge on any atom is 0.224 e. The van der Waals surface area contributed by atoms with Gasteiger partial charge in [-0.1, -0.05) is 115 Å². The number of halogens is 3. The molecule has 0 aliphatic heterocycles. The fourth-order valence-corrected chi connectivity index (χ4v) is 8.42. The van der Waals surface area contributed by atoms with Crippen LogP contribution >= 0.6 is 57.5 Å². The zero-order valence-corrected chi connectivity index (χ0v) is 27.1. The Balaban J connectivity index is 0.000000168. The summed E-state index contributed by atoms with van der Waals surface area (Å²) in [6, 6.07) is 39.7. The van der Waals surface area contributed by atoms with Crippen LogP contribution in [0, 0.1) is 0 Å². The molecule has 0 N–H and O–H groups in total. The third kappa shape index (κ3) is 5.19. The molecule has 0 aliphatic rings. The Bertz CT molecular complexity index is 2540. The highest BCUT2D eigenvalue weighted by Crippen LogP contribution is 2.40. The average Bonchev–Trinajstić information content (AvgIpc) is 3.63. The van der Waals surface area contributed by atoms with Crippen LogP contribution in [0.1, 0.15) is 0 Å². The Labute approximate surface area is 280 Å². The van der Waals surface area contributed by atoms with Crippen molar-refractivity contribution in [2.45, 2.75) is 0 Å². The van der Waals surface area contributed by atoms with E-state index in [1.807, 2.05) is 36.4 Å². The predicted molar refractivity (Wildman–Crippen MR) is 193 cm³/mol. The highest BCUT2D eigenvalue weighted by molar-refractivity contribution is 7.26. The predicted octanol–water partition coefficient (Wildman–Crippen LogP) is 12.1. The molecular formula is C36H19Cl3N4S2. The molecule has 9 heteroatoms. The lowest BCUT2D eigenvalue weighted by Crippen LogP contribution is -1.89. The van der Waals surface area contributed by atoms with Gasteiger partial charge in [0.25, 0.3) is 0 Å². The van der Waals surface area contributed by atoms with E-state index in [1.165, 1.54) is 26.6 Å². The standard InChI is InChI=1S/C26H15ClN2S.C10H4Cl2N2S/c27-26-28-23(25-24(29-26)21-9-3-4-11-22(21)30-25)18-14-12-17(13-15-18)20-10-5-7-16-6-1-2-8-19(16)20;11-9-8-7(13-10(12)14-9)5-3-1-2-4-6(5)15-8/h1-15H;1-4H. The van der Waals surface area contributed by atoms with E-state index in [0.29, 0.717) is 5.15 Å². The fourth-order valence-electron chi connectivity index (χ4n) is 5.58. The molecule has 4 heterocycles. The zero-order valence-electron chi connectivity index (χ0n) is 23.2. The number of aromatic nitrogens is 4. The third-order valence-corrected chi connectivity index (χ3v) is 10.7. The molecule has 0 amide bonds. The number of hydrogen-bond acceptors (Lipinski definition) is 6. The first-order valence-corrected chi connectivity index (χ1v) is 16.7. The number of hydrogen-bond donors (Lipinski definition) is 0. The SMILES string of the molecule is Clc1nc(-c2ccc(-c3cccc4ccccc34)cc2)c2sc3ccccc3c2n1.Clc1nc(Cl)c2sc3ccccc3c2n1. The summed E-state index contributed by atoms with van der Waals surface area (Å²) < 4.78 is 4.30. The number of benzene rings is 5. The van der Waals surface area contributed by atoms with Crippen LogP contribution in [0.25, 0.3) is 73.8 Å². The van der Waals surface area contributed by atoms with Crippen LogP contribution < -0.4 is 0 Å². The summed E-state index contributed by atoms with van der Waals surface area (Å²) in [5.74, 6) is 0. The van der Waals surface area contributed by atoms with Gasteiger partial charge in [-0.05, 0) is 57.2 Å². The van der Waals surface area contributed by atoms with Crippen LogP contribution in [-0.4, -0.2) is 19.9 Å². The molecule has 0 radical (unpaired) electrons. The second-order valence-electron chi connectivity index (χ2n) is 10.3. The van der Waals surface area contributed by atoms with Gasteiger partial charge < -0.3 is 0 Å². The van der Waals surface area contributed by atoms with E-state index in [9.17, 15) is 0 Å². The van der Waals surface area contributed by atoms with Crippen molar-refractivity contribution in [3.8, 4) is 22.4 Å². The number of thiophene rings is 2. The Morgan fingerprint density at radius 3 is 1.69 bits per heavy atom.